The van der Waals surface area contributed by atoms with Crippen molar-refractivity contribution in [1.82, 2.24) is 0 Å². The summed E-state index contributed by atoms with van der Waals surface area (Å²) in [6.07, 6.45) is 15.7. The average molecular weight is 1970 g/mol. The van der Waals surface area contributed by atoms with Gasteiger partial charge in [0.25, 0.3) is 0 Å². The van der Waals surface area contributed by atoms with Crippen LogP contribution in [0.4, 0.5) is 0 Å². The molecule has 2 saturated heterocycles. The first kappa shape index (κ1) is 85.2. The molecule has 2 fully saturated rings. The Morgan fingerprint density at radius 3 is 0.858 bits per heavy atom. The van der Waals surface area contributed by atoms with Gasteiger partial charge in [-0.25, -0.2) is 0 Å². The molecule has 4 nitrogen and oxygen atoms in total. The molecule has 0 radical (unpaired) electrons. The van der Waals surface area contributed by atoms with Crippen molar-refractivity contribution in [1.29, 1.82) is 0 Å². The van der Waals surface area contributed by atoms with Crippen molar-refractivity contribution in [3.8, 4) is 44.5 Å². The van der Waals surface area contributed by atoms with Crippen molar-refractivity contribution in [2.24, 2.45) is 0 Å². The van der Waals surface area contributed by atoms with Crippen LogP contribution in [0.3, 0.4) is 0 Å². The third-order valence-corrected chi connectivity index (χ3v) is 31.1. The number of fused-ring (bicyclic) bond motifs is 14. The number of allylic oxidation sites excluding steroid dienone is 2. The van der Waals surface area contributed by atoms with E-state index in [0.717, 1.165) is 76.3 Å². The van der Waals surface area contributed by atoms with E-state index in [1.54, 1.807) is 0 Å². The quantitative estimate of drug-likeness (QED) is 0.0618. The molecule has 0 bridgehead atoms. The number of benzene rings is 12. The summed E-state index contributed by atoms with van der Waals surface area (Å²) in [6.45, 7) is 38.1. The van der Waals surface area contributed by atoms with Crippen molar-refractivity contribution in [3.63, 3.8) is 0 Å². The maximum atomic E-state index is 6.61. The maximum Gasteiger partial charge on any atom is 0.494 e. The fraction of sp³-hybridized carbons (Fsp3) is 0.296. The normalized spacial score (nSPS) is 17.7. The second-order valence-electron chi connectivity index (χ2n) is 37.2. The molecule has 12 aromatic rings. The van der Waals surface area contributed by atoms with Gasteiger partial charge >= 0.3 is 14.2 Å². The summed E-state index contributed by atoms with van der Waals surface area (Å²) in [4.78, 5) is 0. The molecule has 0 saturated carbocycles. The second kappa shape index (κ2) is 32.2. The third kappa shape index (κ3) is 14.6. The molecule has 608 valence electrons. The SMILES string of the molecule is Brc1ccc2c(c1)C(c1ccc3c(c1)CC3)(c1ccc3c(c1)CC3)c1cc(Br)ccc1-2.C=CCCCC1(CCCC=C)c2cc(Br)ccc2-c2ccc(Br)cc21.CC1(C)c2cc(Br)ccc2-c2ccc(Br)cc21.Cc1cc(C)cc(C2(c3cc(C)cc(C)c3)c3cc(B4OC(C)(C)C(C)(C)O4)ccc3-c3ccc(B4OC(C)(C)C(C)(C)O4)cc32)c1. The molecular weight excluding hydrogens is 1860 g/mol. The highest BCUT2D eigenvalue weighted by Crippen LogP contribution is 2.61. The predicted octanol–water partition coefficient (Wildman–Crippen LogP) is 29.4. The molecule has 0 unspecified atom stereocenters. The van der Waals surface area contributed by atoms with Crippen LogP contribution in [0.1, 0.15) is 219 Å². The van der Waals surface area contributed by atoms with Crippen LogP contribution in [0.25, 0.3) is 44.5 Å². The van der Waals surface area contributed by atoms with Gasteiger partial charge in [-0.3, -0.25) is 0 Å². The molecule has 0 spiro atoms. The molecule has 6 aliphatic carbocycles. The molecule has 120 heavy (non-hydrogen) atoms. The first-order valence-corrected chi connectivity index (χ1v) is 47.3. The Morgan fingerprint density at radius 2 is 0.558 bits per heavy atom. The lowest BCUT2D eigenvalue weighted by Gasteiger charge is -2.36. The maximum absolute atomic E-state index is 6.61. The van der Waals surface area contributed by atoms with Crippen LogP contribution >= 0.6 is 95.6 Å². The van der Waals surface area contributed by atoms with E-state index in [4.69, 9.17) is 18.6 Å². The lowest BCUT2D eigenvalue weighted by molar-refractivity contribution is 0.00578. The van der Waals surface area contributed by atoms with Gasteiger partial charge in [-0.15, -0.1) is 13.2 Å². The molecule has 0 amide bonds. The highest BCUT2D eigenvalue weighted by molar-refractivity contribution is 9.11. The zero-order valence-electron chi connectivity index (χ0n) is 71.5. The molecule has 0 aromatic heterocycles. The summed E-state index contributed by atoms with van der Waals surface area (Å²) in [6, 6.07) is 82.4. The Hall–Kier alpha value is -7.03. The number of aryl methyl sites for hydroxylation is 8. The minimum absolute atomic E-state index is 0.0816. The van der Waals surface area contributed by atoms with Gasteiger partial charge in [0.2, 0.25) is 0 Å². The van der Waals surface area contributed by atoms with Gasteiger partial charge in [0.15, 0.2) is 0 Å². The van der Waals surface area contributed by atoms with Gasteiger partial charge < -0.3 is 18.6 Å². The molecular formula is C108H104B2Br6O4. The van der Waals surface area contributed by atoms with E-state index in [-0.39, 0.29) is 16.2 Å². The number of hydrogen-bond acceptors (Lipinski definition) is 4. The van der Waals surface area contributed by atoms with Crippen molar-refractivity contribution in [2.45, 2.75) is 205 Å². The second-order valence-corrected chi connectivity index (χ2v) is 42.7. The fourth-order valence-electron chi connectivity index (χ4n) is 20.6. The molecule has 2 aliphatic heterocycles. The summed E-state index contributed by atoms with van der Waals surface area (Å²) in [5, 5.41) is 0. The van der Waals surface area contributed by atoms with Gasteiger partial charge in [0, 0.05) is 37.7 Å². The van der Waals surface area contributed by atoms with Gasteiger partial charge in [-0.05, 0) is 365 Å². The summed E-state index contributed by atoms with van der Waals surface area (Å²) >= 11 is 22.1. The lowest BCUT2D eigenvalue weighted by atomic mass is 9.64. The number of rotatable bonds is 14. The summed E-state index contributed by atoms with van der Waals surface area (Å²) in [7, 11) is -0.934. The Labute approximate surface area is 763 Å². The van der Waals surface area contributed by atoms with Crippen LogP contribution in [-0.4, -0.2) is 36.6 Å². The highest BCUT2D eigenvalue weighted by Gasteiger charge is 2.56. The van der Waals surface area contributed by atoms with Crippen LogP contribution in [0, 0.1) is 27.7 Å². The third-order valence-electron chi connectivity index (χ3n) is 28.1. The van der Waals surface area contributed by atoms with E-state index in [0.29, 0.717) is 0 Å². The first-order chi connectivity index (χ1) is 57.1. The minimum atomic E-state index is -0.600. The van der Waals surface area contributed by atoms with Crippen molar-refractivity contribution in [3.05, 3.63) is 382 Å². The lowest BCUT2D eigenvalue weighted by Crippen LogP contribution is -2.41. The smallest absolute Gasteiger partial charge is 0.399 e. The topological polar surface area (TPSA) is 36.9 Å². The van der Waals surface area contributed by atoms with E-state index in [1.165, 1.54) is 181 Å². The monoisotopic (exact) mass is 1960 g/mol. The highest BCUT2D eigenvalue weighted by atomic mass is 79.9. The van der Waals surface area contributed by atoms with Crippen LogP contribution in [0.15, 0.2) is 271 Å². The van der Waals surface area contributed by atoms with Gasteiger partial charge in [0.1, 0.15) is 0 Å². The van der Waals surface area contributed by atoms with E-state index in [9.17, 15) is 0 Å². The zero-order chi connectivity index (χ0) is 84.7. The van der Waals surface area contributed by atoms with E-state index in [2.05, 4.69) is 424 Å². The van der Waals surface area contributed by atoms with E-state index in [1.807, 2.05) is 12.2 Å². The number of halogens is 6. The fourth-order valence-corrected chi connectivity index (χ4v) is 22.7. The summed E-state index contributed by atoms with van der Waals surface area (Å²) in [5.41, 5.74) is 37.5. The van der Waals surface area contributed by atoms with E-state index >= 15 is 0 Å². The van der Waals surface area contributed by atoms with Crippen molar-refractivity contribution in [2.75, 3.05) is 0 Å². The van der Waals surface area contributed by atoms with Crippen molar-refractivity contribution >= 4 is 121 Å². The van der Waals surface area contributed by atoms with Crippen LogP contribution in [0.5, 0.6) is 0 Å². The van der Waals surface area contributed by atoms with Gasteiger partial charge in [-0.2, -0.15) is 0 Å². The zero-order valence-corrected chi connectivity index (χ0v) is 81.0. The number of unbranched alkanes of at least 4 members (excludes halogenated alkanes) is 2. The Kier molecular flexibility index (Phi) is 22.8. The molecule has 0 atom stereocenters. The number of hydrogen-bond donors (Lipinski definition) is 0. The Balaban J connectivity index is 0.000000122. The molecule has 2 heterocycles. The van der Waals surface area contributed by atoms with Crippen LogP contribution < -0.4 is 10.9 Å². The molecule has 12 aromatic carbocycles. The standard InChI is InChI=1S/C41H48B2O4.C29H20Br2.C23H24Br2.C15H12Br2/c1-25-17-26(2)20-29(19-25)41(30-21-27(3)18-28(4)22-30)35-23-31(42-44-37(5,6)38(7,8)45-42)13-15-33(35)34-16-14-32(24-36(34)41)43-46-39(9,10)40(11,12)47-43;30-23-9-11-25-26-12-10-24(31)16-28(26)29(27(25)15-23,21-7-5-17-1-3-19(17)13-21)22-8-6-18-2-4-20(18)14-22;1-3-5-7-13-23(14-8-6-4-2)21-15-17(24)9-11-19(21)20-12-10-18(25)16-22(20)23;1-15(2)13-7-9(16)3-5-11(13)12-6-4-10(17)8-14(12)15/h13-24H,1-12H3;5-16H,1-4H2;3-4,9-12,15-16H,1-2,5-8,13-14H2;3-8H,1-2H3. The van der Waals surface area contributed by atoms with Crippen LogP contribution in [-0.2, 0) is 66.0 Å². The largest absolute Gasteiger partial charge is 0.494 e. The summed E-state index contributed by atoms with van der Waals surface area (Å²) < 4.78 is 33.3. The molecule has 0 N–H and O–H groups in total. The Bertz CT molecular complexity index is 5720. The minimum Gasteiger partial charge on any atom is -0.399 e. The predicted molar refractivity (Wildman–Crippen MR) is 524 cm³/mol. The van der Waals surface area contributed by atoms with Crippen molar-refractivity contribution < 1.29 is 18.6 Å². The van der Waals surface area contributed by atoms with Gasteiger partial charge in [0.05, 0.1) is 33.2 Å². The summed E-state index contributed by atoms with van der Waals surface area (Å²) in [5.74, 6) is 0. The molecule has 12 heteroatoms. The Morgan fingerprint density at radius 1 is 0.292 bits per heavy atom. The molecule has 20 rings (SSSR count). The van der Waals surface area contributed by atoms with Gasteiger partial charge in [-0.1, -0.05) is 289 Å². The van der Waals surface area contributed by atoms with Crippen LogP contribution in [0.2, 0.25) is 0 Å². The first-order valence-electron chi connectivity index (χ1n) is 42.6. The van der Waals surface area contributed by atoms with E-state index < -0.39 is 42.1 Å². The average Bonchev–Trinajstić information content (AvgIpc) is 1.53. The molecule has 8 aliphatic rings.